The molecule has 0 aliphatic carbocycles. The number of amides is 2. The van der Waals surface area contributed by atoms with Crippen LogP contribution in [0.25, 0.3) is 0 Å². The molecule has 0 bridgehead atoms. The van der Waals surface area contributed by atoms with Gasteiger partial charge in [-0.05, 0) is 60.2 Å². The predicted molar refractivity (Wildman–Crippen MR) is 148 cm³/mol. The largest absolute Gasteiger partial charge is 0.495 e. The van der Waals surface area contributed by atoms with Crippen LogP contribution >= 0.6 is 0 Å². The standard InChI is InChI=1S/C30H29FN4O4/c1-38-27-6-3-2-5-26(27)35-16-14-34(15-17-35)25-13-12-23(33-30(37)28-7-4-18-39-28)19-24(25)29(36)32-20-21-8-10-22(31)11-9-21/h2-13,18-19H,14-17,20H2,1H3,(H,32,36)(H,33,37). The van der Waals surface area contributed by atoms with Crippen molar-refractivity contribution in [1.82, 2.24) is 5.32 Å². The van der Waals surface area contributed by atoms with E-state index in [2.05, 4.69) is 20.4 Å². The van der Waals surface area contributed by atoms with E-state index in [4.69, 9.17) is 9.15 Å². The zero-order valence-corrected chi connectivity index (χ0v) is 21.5. The van der Waals surface area contributed by atoms with Crippen LogP contribution in [0.3, 0.4) is 0 Å². The minimum Gasteiger partial charge on any atom is -0.495 e. The highest BCUT2D eigenvalue weighted by molar-refractivity contribution is 6.05. The van der Waals surface area contributed by atoms with Gasteiger partial charge in [0.25, 0.3) is 11.8 Å². The number of nitrogens with one attached hydrogen (secondary N) is 2. The summed E-state index contributed by atoms with van der Waals surface area (Å²) in [6, 6.07) is 22.4. The van der Waals surface area contributed by atoms with Crippen LogP contribution in [0.15, 0.2) is 89.5 Å². The summed E-state index contributed by atoms with van der Waals surface area (Å²) in [5, 5.41) is 5.72. The quantitative estimate of drug-likeness (QED) is 0.337. The van der Waals surface area contributed by atoms with Crippen LogP contribution in [-0.4, -0.2) is 45.1 Å². The van der Waals surface area contributed by atoms with Crippen LogP contribution in [0.1, 0.15) is 26.5 Å². The highest BCUT2D eigenvalue weighted by atomic mass is 19.1. The topological polar surface area (TPSA) is 87.1 Å². The first-order chi connectivity index (χ1) is 19.0. The average molecular weight is 529 g/mol. The maximum Gasteiger partial charge on any atom is 0.291 e. The van der Waals surface area contributed by atoms with Crippen molar-refractivity contribution in [2.24, 2.45) is 0 Å². The first kappa shape index (κ1) is 25.8. The Bertz CT molecular complexity index is 1430. The van der Waals surface area contributed by atoms with Crippen molar-refractivity contribution in [3.63, 3.8) is 0 Å². The summed E-state index contributed by atoms with van der Waals surface area (Å²) in [6.45, 7) is 3.11. The minimum atomic E-state index is -0.407. The van der Waals surface area contributed by atoms with Gasteiger partial charge in [0, 0.05) is 44.1 Å². The number of furan rings is 1. The van der Waals surface area contributed by atoms with Gasteiger partial charge in [0.15, 0.2) is 5.76 Å². The van der Waals surface area contributed by atoms with Gasteiger partial charge in [0.2, 0.25) is 0 Å². The number of ether oxygens (including phenoxy) is 1. The molecule has 2 N–H and O–H groups in total. The van der Waals surface area contributed by atoms with Gasteiger partial charge in [0.05, 0.1) is 24.6 Å². The summed E-state index contributed by atoms with van der Waals surface area (Å²) in [5.74, 6) is -0.0386. The van der Waals surface area contributed by atoms with Crippen molar-refractivity contribution in [3.8, 4) is 5.75 Å². The highest BCUT2D eigenvalue weighted by Gasteiger charge is 2.24. The lowest BCUT2D eigenvalue weighted by atomic mass is 10.1. The molecule has 0 unspecified atom stereocenters. The van der Waals surface area contributed by atoms with E-state index in [0.29, 0.717) is 24.3 Å². The summed E-state index contributed by atoms with van der Waals surface area (Å²) in [4.78, 5) is 30.4. The Balaban J connectivity index is 1.35. The summed E-state index contributed by atoms with van der Waals surface area (Å²) in [5.41, 5.74) is 3.48. The second-order valence-corrected chi connectivity index (χ2v) is 9.12. The van der Waals surface area contributed by atoms with Gasteiger partial charge in [-0.1, -0.05) is 24.3 Å². The first-order valence-electron chi connectivity index (χ1n) is 12.7. The van der Waals surface area contributed by atoms with Crippen molar-refractivity contribution >= 4 is 28.9 Å². The Labute approximate surface area is 226 Å². The number of hydrogen-bond donors (Lipinski definition) is 2. The van der Waals surface area contributed by atoms with E-state index in [0.717, 1.165) is 35.8 Å². The molecule has 1 aliphatic rings. The van der Waals surface area contributed by atoms with Crippen LogP contribution in [0.4, 0.5) is 21.5 Å². The van der Waals surface area contributed by atoms with E-state index in [-0.39, 0.29) is 24.0 Å². The zero-order valence-electron chi connectivity index (χ0n) is 21.5. The van der Waals surface area contributed by atoms with Crippen molar-refractivity contribution < 1.29 is 23.1 Å². The van der Waals surface area contributed by atoms with Gasteiger partial charge in [-0.25, -0.2) is 4.39 Å². The first-order valence-corrected chi connectivity index (χ1v) is 12.7. The summed E-state index contributed by atoms with van der Waals surface area (Å²) in [6.07, 6.45) is 1.43. The molecule has 0 spiro atoms. The number of carbonyl (C=O) groups excluding carboxylic acids is 2. The van der Waals surface area contributed by atoms with Crippen LogP contribution in [-0.2, 0) is 6.54 Å². The number of nitrogens with zero attached hydrogens (tertiary/aromatic N) is 2. The number of methoxy groups -OCH3 is 1. The zero-order chi connectivity index (χ0) is 27.2. The Morgan fingerprint density at radius 3 is 2.28 bits per heavy atom. The third kappa shape index (κ3) is 6.04. The number of rotatable bonds is 8. The monoisotopic (exact) mass is 528 g/mol. The second kappa shape index (κ2) is 11.7. The summed E-state index contributed by atoms with van der Waals surface area (Å²) < 4.78 is 24.0. The normalized spacial score (nSPS) is 13.2. The molecule has 0 saturated carbocycles. The number of para-hydroxylation sites is 2. The fourth-order valence-electron chi connectivity index (χ4n) is 4.63. The van der Waals surface area contributed by atoms with Crippen LogP contribution in [0, 0.1) is 5.82 Å². The van der Waals surface area contributed by atoms with Crippen molar-refractivity contribution in [1.29, 1.82) is 0 Å². The number of halogens is 1. The van der Waals surface area contributed by atoms with Crippen LogP contribution < -0.4 is 25.2 Å². The van der Waals surface area contributed by atoms with Crippen molar-refractivity contribution in [3.05, 3.63) is 108 Å². The molecule has 5 rings (SSSR count). The van der Waals surface area contributed by atoms with E-state index in [1.165, 1.54) is 18.4 Å². The number of benzene rings is 3. The molecular weight excluding hydrogens is 499 g/mol. The molecule has 2 heterocycles. The van der Waals surface area contributed by atoms with Gasteiger partial charge in [0.1, 0.15) is 11.6 Å². The molecule has 1 saturated heterocycles. The van der Waals surface area contributed by atoms with Crippen LogP contribution in [0.2, 0.25) is 0 Å². The van der Waals surface area contributed by atoms with Gasteiger partial charge in [-0.3, -0.25) is 9.59 Å². The molecule has 8 nitrogen and oxygen atoms in total. The smallest absolute Gasteiger partial charge is 0.291 e. The lowest BCUT2D eigenvalue weighted by Gasteiger charge is -2.38. The third-order valence-electron chi connectivity index (χ3n) is 6.66. The van der Waals surface area contributed by atoms with Crippen molar-refractivity contribution in [2.45, 2.75) is 6.54 Å². The molecule has 0 radical (unpaired) electrons. The molecular formula is C30H29FN4O4. The predicted octanol–water partition coefficient (Wildman–Crippen LogP) is 4.94. The van der Waals surface area contributed by atoms with Gasteiger partial charge < -0.3 is 29.6 Å². The Morgan fingerprint density at radius 1 is 0.872 bits per heavy atom. The van der Waals surface area contributed by atoms with Gasteiger partial charge >= 0.3 is 0 Å². The molecule has 2 amide bonds. The fourth-order valence-corrected chi connectivity index (χ4v) is 4.63. The molecule has 4 aromatic rings. The number of piperazine rings is 1. The maximum absolute atomic E-state index is 13.4. The Morgan fingerprint density at radius 2 is 1.59 bits per heavy atom. The van der Waals surface area contributed by atoms with Gasteiger partial charge in [-0.15, -0.1) is 0 Å². The molecule has 9 heteroatoms. The number of carbonyl (C=O) groups is 2. The van der Waals surface area contributed by atoms with Crippen LogP contribution in [0.5, 0.6) is 5.75 Å². The number of hydrogen-bond acceptors (Lipinski definition) is 6. The van der Waals surface area contributed by atoms with E-state index in [1.807, 2.05) is 30.3 Å². The van der Waals surface area contributed by atoms with Crippen molar-refractivity contribution in [2.75, 3.05) is 48.4 Å². The number of anilines is 3. The van der Waals surface area contributed by atoms with E-state index >= 15 is 0 Å². The molecule has 0 atom stereocenters. The molecule has 39 heavy (non-hydrogen) atoms. The Kier molecular flexibility index (Phi) is 7.77. The lowest BCUT2D eigenvalue weighted by molar-refractivity contribution is 0.0949. The maximum atomic E-state index is 13.4. The summed E-state index contributed by atoms with van der Waals surface area (Å²) in [7, 11) is 1.66. The molecule has 1 aliphatic heterocycles. The Hall–Kier alpha value is -4.79. The SMILES string of the molecule is COc1ccccc1N1CCN(c2ccc(NC(=O)c3ccco3)cc2C(=O)NCc2ccc(F)cc2)CC1. The molecule has 1 aromatic heterocycles. The lowest BCUT2D eigenvalue weighted by Crippen LogP contribution is -2.47. The molecule has 200 valence electrons. The second-order valence-electron chi connectivity index (χ2n) is 9.12. The molecule has 1 fully saturated rings. The third-order valence-corrected chi connectivity index (χ3v) is 6.66. The van der Waals surface area contributed by atoms with E-state index in [1.54, 1.807) is 43.5 Å². The van der Waals surface area contributed by atoms with E-state index in [9.17, 15) is 14.0 Å². The average Bonchev–Trinajstić information content (AvgIpc) is 3.52. The van der Waals surface area contributed by atoms with Gasteiger partial charge in [-0.2, -0.15) is 0 Å². The highest BCUT2D eigenvalue weighted by Crippen LogP contribution is 2.31. The minimum absolute atomic E-state index is 0.175. The fraction of sp³-hybridized carbons (Fsp3) is 0.200. The summed E-state index contributed by atoms with van der Waals surface area (Å²) >= 11 is 0. The van der Waals surface area contributed by atoms with E-state index < -0.39 is 5.91 Å². The molecule has 3 aromatic carbocycles.